The molecular formula is C10H18O6. The quantitative estimate of drug-likeness (QED) is 0.369. The second-order valence-electron chi connectivity index (χ2n) is 3.77. The van der Waals surface area contributed by atoms with Crippen LogP contribution in [0.4, 0.5) is 0 Å². The molecular weight excluding hydrogens is 216 g/mol. The van der Waals surface area contributed by atoms with E-state index in [1.807, 2.05) is 0 Å². The summed E-state index contributed by atoms with van der Waals surface area (Å²) in [6.07, 6.45) is -1.11. The van der Waals surface area contributed by atoms with Gasteiger partial charge < -0.3 is 24.5 Å². The zero-order valence-electron chi connectivity index (χ0n) is 9.89. The standard InChI is InChI=1S/C10H18O6/c1-7(12)10(14,16-8(2)13)9(3,15-4)5-6-11/h6-7,12,14H,5H2,1-4H3/t7-,9+,10+/m0/s1. The second-order valence-corrected chi connectivity index (χ2v) is 3.77. The molecule has 0 heterocycles. The van der Waals surface area contributed by atoms with Crippen LogP contribution in [-0.4, -0.2) is 47.1 Å². The van der Waals surface area contributed by atoms with Crippen molar-refractivity contribution in [3.05, 3.63) is 0 Å². The number of ether oxygens (including phenoxy) is 2. The summed E-state index contributed by atoms with van der Waals surface area (Å²) in [6, 6.07) is 0. The normalized spacial score (nSPS) is 20.4. The van der Waals surface area contributed by atoms with Crippen molar-refractivity contribution < 1.29 is 29.3 Å². The third kappa shape index (κ3) is 2.78. The zero-order chi connectivity index (χ0) is 13.0. The Kier molecular flexibility index (Phi) is 5.05. The van der Waals surface area contributed by atoms with Crippen LogP contribution in [0, 0.1) is 0 Å². The number of carbonyl (C=O) groups excluding carboxylic acids is 2. The molecule has 2 N–H and O–H groups in total. The summed E-state index contributed by atoms with van der Waals surface area (Å²) in [7, 11) is 1.25. The summed E-state index contributed by atoms with van der Waals surface area (Å²) in [5, 5.41) is 19.6. The lowest BCUT2D eigenvalue weighted by Gasteiger charge is -2.43. The first kappa shape index (κ1) is 15.0. The maximum Gasteiger partial charge on any atom is 0.305 e. The fourth-order valence-electron chi connectivity index (χ4n) is 1.39. The van der Waals surface area contributed by atoms with Crippen LogP contribution in [0.1, 0.15) is 27.2 Å². The predicted molar refractivity (Wildman–Crippen MR) is 54.5 cm³/mol. The van der Waals surface area contributed by atoms with Gasteiger partial charge in [0.2, 0.25) is 0 Å². The van der Waals surface area contributed by atoms with E-state index in [1.165, 1.54) is 21.0 Å². The van der Waals surface area contributed by atoms with Crippen molar-refractivity contribution in [1.82, 2.24) is 0 Å². The lowest BCUT2D eigenvalue weighted by atomic mass is 9.88. The monoisotopic (exact) mass is 234 g/mol. The number of hydrogen-bond donors (Lipinski definition) is 2. The Labute approximate surface area is 94.2 Å². The van der Waals surface area contributed by atoms with Crippen LogP contribution in [0.2, 0.25) is 0 Å². The molecule has 0 aromatic heterocycles. The highest BCUT2D eigenvalue weighted by atomic mass is 16.7. The smallest absolute Gasteiger partial charge is 0.305 e. The summed E-state index contributed by atoms with van der Waals surface area (Å²) in [6.45, 7) is 3.70. The topological polar surface area (TPSA) is 93.1 Å². The third-order valence-corrected chi connectivity index (χ3v) is 2.55. The Morgan fingerprint density at radius 1 is 1.56 bits per heavy atom. The minimum Gasteiger partial charge on any atom is -0.427 e. The molecule has 0 saturated heterocycles. The van der Waals surface area contributed by atoms with Crippen LogP contribution in [0.15, 0.2) is 0 Å². The molecule has 0 spiro atoms. The summed E-state index contributed by atoms with van der Waals surface area (Å²) in [4.78, 5) is 21.4. The van der Waals surface area contributed by atoms with Gasteiger partial charge in [-0.1, -0.05) is 0 Å². The molecule has 0 amide bonds. The number of aliphatic hydroxyl groups is 2. The van der Waals surface area contributed by atoms with Crippen molar-refractivity contribution in [3.63, 3.8) is 0 Å². The Morgan fingerprint density at radius 2 is 2.06 bits per heavy atom. The van der Waals surface area contributed by atoms with Crippen LogP contribution in [0.25, 0.3) is 0 Å². The van der Waals surface area contributed by atoms with E-state index in [-0.39, 0.29) is 6.42 Å². The molecule has 0 aliphatic carbocycles. The van der Waals surface area contributed by atoms with Gasteiger partial charge in [-0.25, -0.2) is 0 Å². The number of aliphatic hydroxyl groups excluding tert-OH is 1. The lowest BCUT2D eigenvalue weighted by molar-refractivity contribution is -0.318. The van der Waals surface area contributed by atoms with Crippen molar-refractivity contribution in [3.8, 4) is 0 Å². The van der Waals surface area contributed by atoms with E-state index >= 15 is 0 Å². The fourth-order valence-corrected chi connectivity index (χ4v) is 1.39. The Balaban J connectivity index is 5.28. The molecule has 3 atom stereocenters. The molecule has 0 radical (unpaired) electrons. The van der Waals surface area contributed by atoms with Crippen LogP contribution >= 0.6 is 0 Å². The van der Waals surface area contributed by atoms with Gasteiger partial charge in [0.25, 0.3) is 5.79 Å². The summed E-state index contributed by atoms with van der Waals surface area (Å²) in [5.41, 5.74) is -1.51. The molecule has 16 heavy (non-hydrogen) atoms. The average molecular weight is 234 g/mol. The Bertz CT molecular complexity index is 264. The molecule has 0 fully saturated rings. The molecule has 0 aliphatic rings. The highest BCUT2D eigenvalue weighted by Crippen LogP contribution is 2.33. The minimum absolute atomic E-state index is 0.224. The van der Waals surface area contributed by atoms with E-state index in [1.54, 1.807) is 0 Å². The number of carbonyl (C=O) groups is 2. The second kappa shape index (κ2) is 5.38. The van der Waals surface area contributed by atoms with Gasteiger partial charge in [0, 0.05) is 20.5 Å². The highest BCUT2D eigenvalue weighted by Gasteiger charge is 2.54. The Morgan fingerprint density at radius 3 is 2.31 bits per heavy atom. The molecule has 0 unspecified atom stereocenters. The number of rotatable bonds is 6. The van der Waals surface area contributed by atoms with Crippen molar-refractivity contribution in [2.24, 2.45) is 0 Å². The number of esters is 1. The number of aldehydes is 1. The summed E-state index contributed by atoms with van der Waals surface area (Å²) >= 11 is 0. The van der Waals surface area contributed by atoms with E-state index in [0.29, 0.717) is 6.29 Å². The minimum atomic E-state index is -2.27. The van der Waals surface area contributed by atoms with Gasteiger partial charge in [-0.2, -0.15) is 0 Å². The molecule has 6 nitrogen and oxygen atoms in total. The number of methoxy groups -OCH3 is 1. The van der Waals surface area contributed by atoms with Crippen LogP contribution in [-0.2, 0) is 19.1 Å². The molecule has 6 heteroatoms. The average Bonchev–Trinajstić information content (AvgIpc) is 2.16. The van der Waals surface area contributed by atoms with Crippen molar-refractivity contribution in [1.29, 1.82) is 0 Å². The SMILES string of the molecule is CO[C@](C)(CC=O)[C@](O)(OC(C)=O)[C@H](C)O. The van der Waals surface area contributed by atoms with E-state index in [9.17, 15) is 19.8 Å². The van der Waals surface area contributed by atoms with Crippen LogP contribution in [0.5, 0.6) is 0 Å². The highest BCUT2D eigenvalue weighted by molar-refractivity contribution is 5.66. The molecule has 0 saturated carbocycles. The van der Waals surface area contributed by atoms with Gasteiger partial charge in [0.05, 0.1) is 0 Å². The third-order valence-electron chi connectivity index (χ3n) is 2.55. The van der Waals surface area contributed by atoms with Crippen molar-refractivity contribution >= 4 is 12.3 Å². The van der Waals surface area contributed by atoms with Gasteiger partial charge in [-0.05, 0) is 13.8 Å². The van der Waals surface area contributed by atoms with Gasteiger partial charge >= 0.3 is 5.97 Å². The van der Waals surface area contributed by atoms with E-state index < -0.39 is 23.5 Å². The lowest BCUT2D eigenvalue weighted by Crippen LogP contribution is -2.62. The summed E-state index contributed by atoms with van der Waals surface area (Å²) < 4.78 is 9.68. The van der Waals surface area contributed by atoms with Gasteiger partial charge in [0.15, 0.2) is 0 Å². The molecule has 0 rings (SSSR count). The van der Waals surface area contributed by atoms with Crippen molar-refractivity contribution in [2.45, 2.75) is 44.7 Å². The fraction of sp³-hybridized carbons (Fsp3) is 0.800. The number of hydrogen-bond acceptors (Lipinski definition) is 6. The molecule has 0 bridgehead atoms. The Hall–Kier alpha value is -0.980. The first-order valence-electron chi connectivity index (χ1n) is 4.82. The van der Waals surface area contributed by atoms with E-state index in [0.717, 1.165) is 6.92 Å². The van der Waals surface area contributed by atoms with Crippen LogP contribution in [0.3, 0.4) is 0 Å². The van der Waals surface area contributed by atoms with Gasteiger partial charge in [0.1, 0.15) is 18.0 Å². The van der Waals surface area contributed by atoms with Gasteiger partial charge in [-0.15, -0.1) is 0 Å². The summed E-state index contributed by atoms with van der Waals surface area (Å²) in [5.74, 6) is -3.05. The maximum atomic E-state index is 10.9. The van der Waals surface area contributed by atoms with Gasteiger partial charge in [-0.3, -0.25) is 4.79 Å². The molecule has 0 aromatic carbocycles. The largest absolute Gasteiger partial charge is 0.427 e. The maximum absolute atomic E-state index is 10.9. The first-order valence-corrected chi connectivity index (χ1v) is 4.82. The van der Waals surface area contributed by atoms with E-state index in [4.69, 9.17) is 9.47 Å². The predicted octanol–water partition coefficient (Wildman–Crippen LogP) is -0.387. The van der Waals surface area contributed by atoms with Crippen LogP contribution < -0.4 is 0 Å². The molecule has 0 aromatic rings. The molecule has 94 valence electrons. The van der Waals surface area contributed by atoms with E-state index in [2.05, 4.69) is 0 Å². The zero-order valence-corrected chi connectivity index (χ0v) is 9.89. The molecule has 0 aliphatic heterocycles. The van der Waals surface area contributed by atoms with Crippen molar-refractivity contribution in [2.75, 3.05) is 7.11 Å². The first-order chi connectivity index (χ1) is 7.23.